The van der Waals surface area contributed by atoms with E-state index >= 15 is 0 Å². The van der Waals surface area contributed by atoms with E-state index in [9.17, 15) is 20.1 Å². The molecule has 24 heavy (non-hydrogen) atoms. The lowest BCUT2D eigenvalue weighted by Gasteiger charge is -2.16. The molecule has 5 nitrogen and oxygen atoms in total. The molecule has 3 atom stereocenters. The number of hydrogen-bond donors (Lipinski definition) is 4. The Kier molecular flexibility index (Phi) is 8.12. The summed E-state index contributed by atoms with van der Waals surface area (Å²) < 4.78 is 0. The van der Waals surface area contributed by atoms with Crippen molar-refractivity contribution >= 4 is 12.0 Å². The number of hydrogen-bond acceptors (Lipinski definition) is 4. The van der Waals surface area contributed by atoms with E-state index in [2.05, 4.69) is 0 Å². The Bertz CT molecular complexity index is 628. The van der Waals surface area contributed by atoms with E-state index in [0.717, 1.165) is 11.1 Å². The minimum atomic E-state index is -1.04. The normalized spacial score (nSPS) is 16.5. The number of carboxylic acid groups (broad SMARTS) is 1. The van der Waals surface area contributed by atoms with Crippen molar-refractivity contribution in [2.45, 2.75) is 38.6 Å². The first-order chi connectivity index (χ1) is 11.3. The molecule has 4 N–H and O–H groups in total. The van der Waals surface area contributed by atoms with Gasteiger partial charge in [0.15, 0.2) is 0 Å². The van der Waals surface area contributed by atoms with Crippen LogP contribution in [0.4, 0.5) is 0 Å². The number of rotatable bonds is 8. The zero-order valence-corrected chi connectivity index (χ0v) is 13.8. The summed E-state index contributed by atoms with van der Waals surface area (Å²) in [5.41, 5.74) is 1.76. The van der Waals surface area contributed by atoms with E-state index in [4.69, 9.17) is 5.11 Å². The zero-order chi connectivity index (χ0) is 18.1. The van der Waals surface area contributed by atoms with Crippen molar-refractivity contribution in [1.29, 1.82) is 0 Å². The molecule has 1 rings (SSSR count). The summed E-state index contributed by atoms with van der Waals surface area (Å²) in [7, 11) is 0. The molecular formula is C19H24O5. The number of aliphatic hydroxyl groups is 3. The van der Waals surface area contributed by atoms with Crippen molar-refractivity contribution in [2.75, 3.05) is 0 Å². The van der Waals surface area contributed by atoms with Crippen molar-refractivity contribution in [2.24, 2.45) is 0 Å². The second kappa shape index (κ2) is 9.82. The molecule has 5 heteroatoms. The van der Waals surface area contributed by atoms with Crippen molar-refractivity contribution in [3.05, 3.63) is 65.3 Å². The van der Waals surface area contributed by atoms with Crippen molar-refractivity contribution in [3.63, 3.8) is 0 Å². The first-order valence-electron chi connectivity index (χ1n) is 7.70. The highest BCUT2D eigenvalue weighted by Crippen LogP contribution is 2.09. The second-order valence-electron chi connectivity index (χ2n) is 5.70. The van der Waals surface area contributed by atoms with E-state index < -0.39 is 24.3 Å². The summed E-state index contributed by atoms with van der Waals surface area (Å²) in [5.74, 6) is -0.968. The van der Waals surface area contributed by atoms with Crippen LogP contribution < -0.4 is 0 Å². The molecule has 0 spiro atoms. The van der Waals surface area contributed by atoms with Crippen LogP contribution in [0.3, 0.4) is 0 Å². The van der Waals surface area contributed by atoms with E-state index in [0.29, 0.717) is 0 Å². The van der Waals surface area contributed by atoms with E-state index in [1.54, 1.807) is 56.4 Å². The minimum Gasteiger partial charge on any atom is -0.478 e. The quantitative estimate of drug-likeness (QED) is 0.548. The van der Waals surface area contributed by atoms with Crippen LogP contribution in [0.1, 0.15) is 36.2 Å². The van der Waals surface area contributed by atoms with Crippen LogP contribution >= 0.6 is 0 Å². The molecule has 0 heterocycles. The van der Waals surface area contributed by atoms with Crippen LogP contribution in [-0.4, -0.2) is 44.7 Å². The van der Waals surface area contributed by atoms with Gasteiger partial charge in [-0.25, -0.2) is 4.79 Å². The maximum atomic E-state index is 10.9. The summed E-state index contributed by atoms with van der Waals surface area (Å²) in [6.45, 7) is 3.34. The van der Waals surface area contributed by atoms with Gasteiger partial charge < -0.3 is 20.4 Å². The second-order valence-corrected chi connectivity index (χ2v) is 5.70. The maximum absolute atomic E-state index is 10.9. The van der Waals surface area contributed by atoms with Gasteiger partial charge in [0.1, 0.15) is 0 Å². The highest BCUT2D eigenvalue weighted by molar-refractivity contribution is 5.88. The molecule has 0 aliphatic rings. The third kappa shape index (κ3) is 7.37. The Hall–Kier alpha value is -2.21. The van der Waals surface area contributed by atoms with Gasteiger partial charge in [-0.05, 0) is 31.5 Å². The third-order valence-electron chi connectivity index (χ3n) is 3.30. The molecule has 130 valence electrons. The molecule has 0 radical (unpaired) electrons. The van der Waals surface area contributed by atoms with Crippen LogP contribution in [0.25, 0.3) is 6.08 Å². The molecule has 0 fully saturated rings. The lowest BCUT2D eigenvalue weighted by Crippen LogP contribution is -2.27. The van der Waals surface area contributed by atoms with E-state index in [1.165, 1.54) is 12.1 Å². The molecule has 1 aromatic carbocycles. The van der Waals surface area contributed by atoms with E-state index in [-0.39, 0.29) is 12.0 Å². The van der Waals surface area contributed by atoms with Gasteiger partial charge in [0.25, 0.3) is 0 Å². The first kappa shape index (κ1) is 19.8. The summed E-state index contributed by atoms with van der Waals surface area (Å²) in [4.78, 5) is 10.9. The Morgan fingerprint density at radius 3 is 2.54 bits per heavy atom. The monoisotopic (exact) mass is 332 g/mol. The summed E-state index contributed by atoms with van der Waals surface area (Å²) in [6, 6.07) is 6.58. The summed E-state index contributed by atoms with van der Waals surface area (Å²) in [6.07, 6.45) is 5.94. The van der Waals surface area contributed by atoms with Crippen molar-refractivity contribution < 1.29 is 25.2 Å². The van der Waals surface area contributed by atoms with Crippen molar-refractivity contribution in [3.8, 4) is 0 Å². The highest BCUT2D eigenvalue weighted by Gasteiger charge is 2.15. The van der Waals surface area contributed by atoms with Gasteiger partial charge in [-0.15, -0.1) is 0 Å². The molecule has 0 unspecified atom stereocenters. The molecule has 0 aliphatic carbocycles. The molecule has 0 saturated carbocycles. The number of benzene rings is 1. The van der Waals surface area contributed by atoms with Crippen LogP contribution in [-0.2, 0) is 0 Å². The average Bonchev–Trinajstić information content (AvgIpc) is 2.51. The zero-order valence-electron chi connectivity index (χ0n) is 13.8. The maximum Gasteiger partial charge on any atom is 0.335 e. The van der Waals surface area contributed by atoms with Gasteiger partial charge in [-0.1, -0.05) is 48.1 Å². The molecule has 0 amide bonds. The van der Waals surface area contributed by atoms with Crippen molar-refractivity contribution in [1.82, 2.24) is 0 Å². The predicted octanol–water partition coefficient (Wildman–Crippen LogP) is 2.39. The fraction of sp³-hybridized carbons (Fsp3) is 0.316. The Morgan fingerprint density at radius 2 is 1.92 bits per heavy atom. The molecule has 0 bridgehead atoms. The lowest BCUT2D eigenvalue weighted by atomic mass is 10.0. The molecule has 0 saturated heterocycles. The van der Waals surface area contributed by atoms with Gasteiger partial charge in [-0.2, -0.15) is 0 Å². The number of carbonyl (C=O) groups is 1. The van der Waals surface area contributed by atoms with Crippen LogP contribution in [0, 0.1) is 0 Å². The van der Waals surface area contributed by atoms with Gasteiger partial charge >= 0.3 is 5.97 Å². The average molecular weight is 332 g/mol. The van der Waals surface area contributed by atoms with Gasteiger partial charge in [-0.3, -0.25) is 0 Å². The fourth-order valence-electron chi connectivity index (χ4n) is 2.07. The standard InChI is InChI=1S/C19H24O5/c1-13(10-17(21)18(22)11-14(2)20)6-3-4-7-15-8-5-9-16(12-15)19(23)24/h3-10,12,14,17-18,20-22H,11H2,1-2H3,(H,23,24)/b6-3+,7-4+,13-10+/t14-,17-,18-/m0/s1. The summed E-state index contributed by atoms with van der Waals surface area (Å²) in [5, 5.41) is 37.6. The molecular weight excluding hydrogens is 308 g/mol. The largest absolute Gasteiger partial charge is 0.478 e. The van der Waals surface area contributed by atoms with Crippen LogP contribution in [0.5, 0.6) is 0 Å². The minimum absolute atomic E-state index is 0.106. The molecule has 0 aliphatic heterocycles. The Labute approximate surface area is 141 Å². The topological polar surface area (TPSA) is 98.0 Å². The first-order valence-corrected chi connectivity index (χ1v) is 7.70. The van der Waals surface area contributed by atoms with Crippen LogP contribution in [0.15, 0.2) is 54.1 Å². The smallest absolute Gasteiger partial charge is 0.335 e. The Morgan fingerprint density at radius 1 is 1.21 bits per heavy atom. The number of aliphatic hydroxyl groups excluding tert-OH is 3. The third-order valence-corrected chi connectivity index (χ3v) is 3.30. The van der Waals surface area contributed by atoms with E-state index in [1.807, 2.05) is 0 Å². The molecule has 0 aromatic heterocycles. The Balaban J connectivity index is 2.64. The van der Waals surface area contributed by atoms with Gasteiger partial charge in [0.2, 0.25) is 0 Å². The predicted molar refractivity (Wildman–Crippen MR) is 93.6 cm³/mol. The fourth-order valence-corrected chi connectivity index (χ4v) is 2.07. The number of carboxylic acids is 1. The SMILES string of the molecule is CC(/C=C/C=C/c1cccc(C(=O)O)c1)=C\[C@H](O)[C@@H](O)C[C@H](C)O. The number of allylic oxidation sites excluding steroid dienone is 4. The molecule has 1 aromatic rings. The van der Waals surface area contributed by atoms with Gasteiger partial charge in [0.05, 0.1) is 23.9 Å². The lowest BCUT2D eigenvalue weighted by molar-refractivity contribution is 0.0140. The van der Waals surface area contributed by atoms with Gasteiger partial charge in [0, 0.05) is 6.42 Å². The number of aromatic carboxylic acids is 1. The highest BCUT2D eigenvalue weighted by atomic mass is 16.4. The van der Waals surface area contributed by atoms with Crippen LogP contribution in [0.2, 0.25) is 0 Å². The summed E-state index contributed by atoms with van der Waals surface area (Å²) >= 11 is 0.